The van der Waals surface area contributed by atoms with Crippen molar-refractivity contribution >= 4 is 5.97 Å². The van der Waals surface area contributed by atoms with E-state index in [1.165, 1.54) is 5.56 Å². The zero-order chi connectivity index (χ0) is 16.8. The number of ether oxygens (including phenoxy) is 1. The molecule has 0 aliphatic carbocycles. The van der Waals surface area contributed by atoms with Gasteiger partial charge >= 0.3 is 5.97 Å². The molecule has 2 atom stereocenters. The Balaban J connectivity index is 1.65. The second kappa shape index (κ2) is 8.08. The molecule has 2 aromatic rings. The van der Waals surface area contributed by atoms with E-state index in [1.807, 2.05) is 18.2 Å². The van der Waals surface area contributed by atoms with E-state index < -0.39 is 5.97 Å². The van der Waals surface area contributed by atoms with Crippen molar-refractivity contribution in [1.82, 2.24) is 5.32 Å². The molecule has 0 aromatic heterocycles. The first-order valence-corrected chi connectivity index (χ1v) is 8.40. The molecule has 1 saturated heterocycles. The number of hydrogen-bond donors (Lipinski definition) is 2. The molecule has 1 aliphatic heterocycles. The van der Waals surface area contributed by atoms with Crippen LogP contribution in [0.25, 0.3) is 0 Å². The summed E-state index contributed by atoms with van der Waals surface area (Å²) in [6.07, 6.45) is 2.18. The summed E-state index contributed by atoms with van der Waals surface area (Å²) in [5, 5.41) is 12.6. The molecule has 1 aliphatic rings. The Kier molecular flexibility index (Phi) is 5.62. The van der Waals surface area contributed by atoms with Gasteiger partial charge in [0.05, 0.1) is 5.56 Å². The van der Waals surface area contributed by atoms with Crippen molar-refractivity contribution in [2.45, 2.75) is 25.4 Å². The summed E-state index contributed by atoms with van der Waals surface area (Å²) in [6.45, 7) is 2.42. The van der Waals surface area contributed by atoms with E-state index in [9.17, 15) is 4.79 Å². The molecule has 2 N–H and O–H groups in total. The number of benzene rings is 2. The Morgan fingerprint density at radius 1 is 1.17 bits per heavy atom. The molecular formula is C20H23NO3. The molecule has 2 aromatic carbocycles. The van der Waals surface area contributed by atoms with Crippen molar-refractivity contribution < 1.29 is 14.6 Å². The van der Waals surface area contributed by atoms with E-state index >= 15 is 0 Å². The summed E-state index contributed by atoms with van der Waals surface area (Å²) in [5.41, 5.74) is 2.69. The molecule has 24 heavy (non-hydrogen) atoms. The summed E-state index contributed by atoms with van der Waals surface area (Å²) in [4.78, 5) is 10.9. The smallest absolute Gasteiger partial charge is 0.335 e. The Morgan fingerprint density at radius 3 is 2.54 bits per heavy atom. The Labute approximate surface area is 142 Å². The van der Waals surface area contributed by atoms with E-state index in [-0.39, 0.29) is 6.04 Å². The Morgan fingerprint density at radius 2 is 1.92 bits per heavy atom. The lowest BCUT2D eigenvalue weighted by atomic mass is 9.94. The van der Waals surface area contributed by atoms with Gasteiger partial charge in [0.25, 0.3) is 0 Å². The molecule has 2 unspecified atom stereocenters. The average molecular weight is 325 g/mol. The second-order valence-electron chi connectivity index (χ2n) is 6.31. The lowest BCUT2D eigenvalue weighted by molar-refractivity contribution is 0.0697. The van der Waals surface area contributed by atoms with Crippen LogP contribution >= 0.6 is 0 Å². The van der Waals surface area contributed by atoms with E-state index in [1.54, 1.807) is 12.1 Å². The molecular weight excluding hydrogens is 302 g/mol. The highest BCUT2D eigenvalue weighted by Gasteiger charge is 2.21. The lowest BCUT2D eigenvalue weighted by Gasteiger charge is -2.22. The number of hydrogen-bond acceptors (Lipinski definition) is 3. The van der Waals surface area contributed by atoms with E-state index in [2.05, 4.69) is 29.6 Å². The maximum Gasteiger partial charge on any atom is 0.335 e. The third kappa shape index (κ3) is 4.43. The van der Waals surface area contributed by atoms with Crippen molar-refractivity contribution in [2.24, 2.45) is 5.92 Å². The highest BCUT2D eigenvalue weighted by atomic mass is 16.5. The number of aromatic carboxylic acids is 1. The van der Waals surface area contributed by atoms with Crippen LogP contribution in [-0.4, -0.2) is 24.3 Å². The van der Waals surface area contributed by atoms with Crippen LogP contribution in [0.1, 0.15) is 40.4 Å². The van der Waals surface area contributed by atoms with Crippen molar-refractivity contribution in [3.8, 4) is 0 Å². The topological polar surface area (TPSA) is 58.6 Å². The number of nitrogens with one attached hydrogen (secondary N) is 1. The van der Waals surface area contributed by atoms with Crippen LogP contribution < -0.4 is 5.32 Å². The van der Waals surface area contributed by atoms with Gasteiger partial charge in [0.1, 0.15) is 0 Å². The molecule has 4 nitrogen and oxygen atoms in total. The van der Waals surface area contributed by atoms with Gasteiger partial charge < -0.3 is 15.2 Å². The zero-order valence-electron chi connectivity index (χ0n) is 13.7. The summed E-state index contributed by atoms with van der Waals surface area (Å²) < 4.78 is 5.51. The van der Waals surface area contributed by atoms with Crippen molar-refractivity contribution in [3.63, 3.8) is 0 Å². The molecule has 0 radical (unpaired) electrons. The first-order chi connectivity index (χ1) is 11.7. The monoisotopic (exact) mass is 325 g/mol. The van der Waals surface area contributed by atoms with Crippen LogP contribution in [0.2, 0.25) is 0 Å². The lowest BCUT2D eigenvalue weighted by Crippen LogP contribution is -2.23. The highest BCUT2D eigenvalue weighted by Crippen LogP contribution is 2.26. The van der Waals surface area contributed by atoms with Gasteiger partial charge in [-0.2, -0.15) is 0 Å². The minimum atomic E-state index is -0.891. The van der Waals surface area contributed by atoms with E-state index in [0.29, 0.717) is 18.0 Å². The fourth-order valence-corrected chi connectivity index (χ4v) is 3.13. The van der Waals surface area contributed by atoms with Crippen LogP contribution in [0.4, 0.5) is 0 Å². The quantitative estimate of drug-likeness (QED) is 0.816. The molecule has 1 heterocycles. The van der Waals surface area contributed by atoms with Gasteiger partial charge in [0.2, 0.25) is 0 Å². The van der Waals surface area contributed by atoms with Gasteiger partial charge in [-0.3, -0.25) is 0 Å². The number of rotatable bonds is 7. The van der Waals surface area contributed by atoms with E-state index in [0.717, 1.165) is 31.6 Å². The van der Waals surface area contributed by atoms with Crippen molar-refractivity contribution in [3.05, 3.63) is 71.3 Å². The first-order valence-electron chi connectivity index (χ1n) is 8.40. The highest BCUT2D eigenvalue weighted by molar-refractivity contribution is 5.87. The minimum absolute atomic E-state index is 0.275. The number of carboxylic acid groups (broad SMARTS) is 1. The molecule has 126 valence electrons. The van der Waals surface area contributed by atoms with Crippen molar-refractivity contribution in [2.75, 3.05) is 13.2 Å². The van der Waals surface area contributed by atoms with Crippen LogP contribution in [0.3, 0.4) is 0 Å². The second-order valence-corrected chi connectivity index (χ2v) is 6.31. The standard InChI is InChI=1S/C20H23NO3/c22-20(23)18-8-6-15(7-9-18)13-21-19(12-16-10-11-24-14-16)17-4-2-1-3-5-17/h1-9,16,19,21H,10-14H2,(H,22,23). The summed E-state index contributed by atoms with van der Waals surface area (Å²) >= 11 is 0. The predicted molar refractivity (Wildman–Crippen MR) is 93.0 cm³/mol. The predicted octanol–water partition coefficient (Wildman–Crippen LogP) is 3.64. The van der Waals surface area contributed by atoms with Gasteiger partial charge in [-0.15, -0.1) is 0 Å². The van der Waals surface area contributed by atoms with E-state index in [4.69, 9.17) is 9.84 Å². The largest absolute Gasteiger partial charge is 0.478 e. The van der Waals surface area contributed by atoms with Gasteiger partial charge in [0.15, 0.2) is 0 Å². The summed E-state index contributed by atoms with van der Waals surface area (Å²) in [6, 6.07) is 17.8. The maximum atomic E-state index is 10.9. The zero-order valence-corrected chi connectivity index (χ0v) is 13.7. The third-order valence-corrected chi connectivity index (χ3v) is 4.55. The fraction of sp³-hybridized carbons (Fsp3) is 0.350. The van der Waals surface area contributed by atoms with Crippen molar-refractivity contribution in [1.29, 1.82) is 0 Å². The third-order valence-electron chi connectivity index (χ3n) is 4.55. The van der Waals surface area contributed by atoms with Gasteiger partial charge in [-0.05, 0) is 42.0 Å². The molecule has 0 saturated carbocycles. The normalized spacial score (nSPS) is 18.4. The molecule has 3 rings (SSSR count). The molecule has 4 heteroatoms. The van der Waals surface area contributed by atoms with Crippen LogP contribution in [0, 0.1) is 5.92 Å². The average Bonchev–Trinajstić information content (AvgIpc) is 3.13. The van der Waals surface area contributed by atoms with Gasteiger partial charge in [0, 0.05) is 25.8 Å². The fourth-order valence-electron chi connectivity index (χ4n) is 3.13. The molecule has 0 amide bonds. The number of carboxylic acids is 1. The van der Waals surface area contributed by atoms with Crippen LogP contribution in [0.5, 0.6) is 0 Å². The summed E-state index contributed by atoms with van der Waals surface area (Å²) in [7, 11) is 0. The molecule has 1 fully saturated rings. The molecule has 0 bridgehead atoms. The minimum Gasteiger partial charge on any atom is -0.478 e. The Hall–Kier alpha value is -2.17. The summed E-state index contributed by atoms with van der Waals surface area (Å²) in [5.74, 6) is -0.296. The molecule has 0 spiro atoms. The SMILES string of the molecule is O=C(O)c1ccc(CNC(CC2CCOC2)c2ccccc2)cc1. The maximum absolute atomic E-state index is 10.9. The number of carbonyl (C=O) groups is 1. The first kappa shape index (κ1) is 16.7. The van der Waals surface area contributed by atoms with Crippen LogP contribution in [0.15, 0.2) is 54.6 Å². The van der Waals surface area contributed by atoms with Gasteiger partial charge in [-0.25, -0.2) is 4.79 Å². The van der Waals surface area contributed by atoms with Crippen LogP contribution in [-0.2, 0) is 11.3 Å². The van der Waals surface area contributed by atoms with Gasteiger partial charge in [-0.1, -0.05) is 42.5 Å². The Bertz CT molecular complexity index is 648.